The average Bonchev–Trinajstić information content (AvgIpc) is 3.62. The molecule has 1 saturated heterocycles. The third kappa shape index (κ3) is 4.49. The number of rotatable bonds is 6. The molecule has 9 heteroatoms. The van der Waals surface area contributed by atoms with Gasteiger partial charge in [-0.2, -0.15) is 0 Å². The molecule has 39 heavy (non-hydrogen) atoms. The van der Waals surface area contributed by atoms with Crippen LogP contribution in [0.5, 0.6) is 5.75 Å². The summed E-state index contributed by atoms with van der Waals surface area (Å²) in [6.07, 6.45) is 5.43. The van der Waals surface area contributed by atoms with Crippen LogP contribution in [0.4, 0.5) is 5.69 Å². The minimum absolute atomic E-state index is 0.0688. The summed E-state index contributed by atoms with van der Waals surface area (Å²) >= 11 is 6.48. The topological polar surface area (TPSA) is 82.6 Å². The molecule has 0 N–H and O–H groups in total. The smallest absolute Gasteiger partial charge is 0.227 e. The van der Waals surface area contributed by atoms with Crippen molar-refractivity contribution in [2.24, 2.45) is 0 Å². The highest BCUT2D eigenvalue weighted by Crippen LogP contribution is 2.43. The van der Waals surface area contributed by atoms with E-state index in [1.54, 1.807) is 14.2 Å². The van der Waals surface area contributed by atoms with Crippen LogP contribution in [-0.4, -0.2) is 40.9 Å². The van der Waals surface area contributed by atoms with Gasteiger partial charge in [-0.25, -0.2) is 4.98 Å². The standard InChI is InChI=1S/C30H33ClN4O4/c1-17-29(18(2)39-33-17)19-5-11-25-24(15-19)32-30(35(25)20-6-9-22(37-3)10-7-20)26-12-14-28(36)34(26)21-8-13-27(38-4)23(31)16-21/h5,8,11,13,15-16,20,22,26H,6-7,9-10,12,14H2,1-4H3/t20?,22?,26-/m0/s1. The first-order valence-electron chi connectivity index (χ1n) is 13.5. The second-order valence-corrected chi connectivity index (χ2v) is 11.0. The summed E-state index contributed by atoms with van der Waals surface area (Å²) in [5, 5.41) is 4.62. The molecule has 1 amide bonds. The Balaban J connectivity index is 1.48. The molecule has 0 radical (unpaired) electrons. The van der Waals surface area contributed by atoms with Crippen molar-refractivity contribution in [2.45, 2.75) is 70.6 Å². The van der Waals surface area contributed by atoms with Gasteiger partial charge in [-0.3, -0.25) is 4.79 Å². The van der Waals surface area contributed by atoms with E-state index >= 15 is 0 Å². The number of amides is 1. The fraction of sp³-hybridized carbons (Fsp3) is 0.433. The maximum atomic E-state index is 13.3. The van der Waals surface area contributed by atoms with Gasteiger partial charge in [0, 0.05) is 30.8 Å². The van der Waals surface area contributed by atoms with Crippen LogP contribution in [0.15, 0.2) is 40.9 Å². The lowest BCUT2D eigenvalue weighted by Crippen LogP contribution is -2.31. The zero-order valence-corrected chi connectivity index (χ0v) is 23.5. The number of fused-ring (bicyclic) bond motifs is 1. The number of carbonyl (C=O) groups is 1. The molecule has 1 aliphatic heterocycles. The molecule has 2 aromatic heterocycles. The molecule has 0 bridgehead atoms. The number of carbonyl (C=O) groups excluding carboxylic acids is 1. The normalized spacial score (nSPS) is 21.7. The van der Waals surface area contributed by atoms with E-state index in [4.69, 9.17) is 30.6 Å². The number of benzene rings is 2. The largest absolute Gasteiger partial charge is 0.495 e. The summed E-state index contributed by atoms with van der Waals surface area (Å²) in [6, 6.07) is 12.0. The number of hydrogen-bond donors (Lipinski definition) is 0. The van der Waals surface area contributed by atoms with E-state index in [2.05, 4.69) is 27.9 Å². The fourth-order valence-electron chi connectivity index (χ4n) is 6.38. The number of hydrogen-bond acceptors (Lipinski definition) is 6. The second-order valence-electron chi connectivity index (χ2n) is 10.5. The fourth-order valence-corrected chi connectivity index (χ4v) is 6.64. The number of imidazole rings is 1. The molecule has 3 heterocycles. The van der Waals surface area contributed by atoms with Gasteiger partial charge in [0.25, 0.3) is 0 Å². The number of methoxy groups -OCH3 is 2. The van der Waals surface area contributed by atoms with Crippen LogP contribution in [0.25, 0.3) is 22.2 Å². The summed E-state index contributed by atoms with van der Waals surface area (Å²) in [4.78, 5) is 20.4. The van der Waals surface area contributed by atoms with Crippen LogP contribution in [0.1, 0.15) is 67.9 Å². The zero-order valence-electron chi connectivity index (χ0n) is 22.7. The minimum atomic E-state index is -0.197. The quantitative estimate of drug-likeness (QED) is 0.259. The Morgan fingerprint density at radius 1 is 1.03 bits per heavy atom. The number of aromatic nitrogens is 3. The summed E-state index contributed by atoms with van der Waals surface area (Å²) in [5.74, 6) is 2.35. The second kappa shape index (κ2) is 10.3. The van der Waals surface area contributed by atoms with Crippen molar-refractivity contribution >= 4 is 34.2 Å². The van der Waals surface area contributed by atoms with Gasteiger partial charge in [0.2, 0.25) is 5.91 Å². The summed E-state index contributed by atoms with van der Waals surface area (Å²) in [7, 11) is 3.38. The molecule has 1 atom stereocenters. The zero-order chi connectivity index (χ0) is 27.3. The van der Waals surface area contributed by atoms with Crippen molar-refractivity contribution in [3.05, 3.63) is 58.7 Å². The monoisotopic (exact) mass is 548 g/mol. The summed E-state index contributed by atoms with van der Waals surface area (Å²) < 4.78 is 18.8. The SMILES string of the molecule is COc1ccc(N2C(=O)CC[C@H]2c2nc3cc(-c4c(C)noc4C)ccc3n2C2CCC(OC)CC2)cc1Cl. The van der Waals surface area contributed by atoms with E-state index in [1.807, 2.05) is 36.9 Å². The first-order chi connectivity index (χ1) is 18.9. The third-order valence-electron chi connectivity index (χ3n) is 8.30. The molecule has 1 aliphatic carbocycles. The molecule has 2 aliphatic rings. The van der Waals surface area contributed by atoms with Crippen LogP contribution in [0.3, 0.4) is 0 Å². The number of ether oxygens (including phenoxy) is 2. The van der Waals surface area contributed by atoms with Crippen molar-refractivity contribution in [3.63, 3.8) is 0 Å². The molecule has 4 aromatic rings. The van der Waals surface area contributed by atoms with Gasteiger partial charge in [0.15, 0.2) is 0 Å². The van der Waals surface area contributed by atoms with Gasteiger partial charge in [0.05, 0.1) is 41.0 Å². The van der Waals surface area contributed by atoms with Crippen molar-refractivity contribution in [1.29, 1.82) is 0 Å². The van der Waals surface area contributed by atoms with Crippen molar-refractivity contribution in [2.75, 3.05) is 19.1 Å². The number of halogens is 1. The van der Waals surface area contributed by atoms with Crippen LogP contribution in [0, 0.1) is 13.8 Å². The molecule has 6 rings (SSSR count). The highest BCUT2D eigenvalue weighted by Gasteiger charge is 2.38. The van der Waals surface area contributed by atoms with E-state index in [0.29, 0.717) is 23.6 Å². The maximum Gasteiger partial charge on any atom is 0.227 e. The Labute approximate surface area is 232 Å². The first kappa shape index (κ1) is 25.9. The maximum absolute atomic E-state index is 13.3. The van der Waals surface area contributed by atoms with Gasteiger partial charge < -0.3 is 23.5 Å². The summed E-state index contributed by atoms with van der Waals surface area (Å²) in [5.41, 5.74) is 5.62. The molecule has 8 nitrogen and oxygen atoms in total. The molecule has 2 aromatic carbocycles. The number of anilines is 1. The van der Waals surface area contributed by atoms with Gasteiger partial charge in [-0.15, -0.1) is 0 Å². The third-order valence-corrected chi connectivity index (χ3v) is 8.60. The lowest BCUT2D eigenvalue weighted by atomic mass is 9.92. The molecule has 2 fully saturated rings. The number of aryl methyl sites for hydroxylation is 2. The molecule has 204 valence electrons. The van der Waals surface area contributed by atoms with E-state index in [0.717, 1.165) is 70.8 Å². The average molecular weight is 549 g/mol. The molecule has 0 unspecified atom stereocenters. The van der Waals surface area contributed by atoms with Gasteiger partial charge in [0.1, 0.15) is 17.3 Å². The Hall–Kier alpha value is -3.36. The molecular formula is C30H33ClN4O4. The van der Waals surface area contributed by atoms with Crippen LogP contribution >= 0.6 is 11.6 Å². The van der Waals surface area contributed by atoms with Crippen molar-refractivity contribution in [1.82, 2.24) is 14.7 Å². The van der Waals surface area contributed by atoms with E-state index in [1.165, 1.54) is 0 Å². The Morgan fingerprint density at radius 3 is 2.49 bits per heavy atom. The highest BCUT2D eigenvalue weighted by molar-refractivity contribution is 6.32. The van der Waals surface area contributed by atoms with Gasteiger partial charge >= 0.3 is 0 Å². The summed E-state index contributed by atoms with van der Waals surface area (Å²) in [6.45, 7) is 3.89. The first-order valence-corrected chi connectivity index (χ1v) is 13.9. The molecule has 1 saturated carbocycles. The van der Waals surface area contributed by atoms with Crippen LogP contribution in [0.2, 0.25) is 5.02 Å². The Kier molecular flexibility index (Phi) is 6.85. The van der Waals surface area contributed by atoms with E-state index < -0.39 is 0 Å². The lowest BCUT2D eigenvalue weighted by molar-refractivity contribution is -0.117. The van der Waals surface area contributed by atoms with Crippen molar-refractivity contribution in [3.8, 4) is 16.9 Å². The van der Waals surface area contributed by atoms with Gasteiger partial charge in [-0.1, -0.05) is 22.8 Å². The molecular weight excluding hydrogens is 516 g/mol. The minimum Gasteiger partial charge on any atom is -0.495 e. The lowest BCUT2D eigenvalue weighted by Gasteiger charge is -2.32. The van der Waals surface area contributed by atoms with Crippen molar-refractivity contribution < 1.29 is 18.8 Å². The Morgan fingerprint density at radius 2 is 1.82 bits per heavy atom. The van der Waals surface area contributed by atoms with E-state index in [9.17, 15) is 4.79 Å². The van der Waals surface area contributed by atoms with Crippen LogP contribution in [-0.2, 0) is 9.53 Å². The predicted molar refractivity (Wildman–Crippen MR) is 150 cm³/mol. The van der Waals surface area contributed by atoms with E-state index in [-0.39, 0.29) is 24.1 Å². The highest BCUT2D eigenvalue weighted by atomic mass is 35.5. The predicted octanol–water partition coefficient (Wildman–Crippen LogP) is 6.97. The Bertz CT molecular complexity index is 1520. The van der Waals surface area contributed by atoms with Crippen LogP contribution < -0.4 is 9.64 Å². The van der Waals surface area contributed by atoms with Gasteiger partial charge in [-0.05, 0) is 81.8 Å². The number of nitrogens with zero attached hydrogens (tertiary/aromatic N) is 4. The molecule has 0 spiro atoms.